The number of nitrogens with one attached hydrogen (secondary N) is 3. The summed E-state index contributed by atoms with van der Waals surface area (Å²) in [6.07, 6.45) is -5.95. The molecule has 1 saturated heterocycles. The highest BCUT2D eigenvalue weighted by atomic mass is 19.4. The Hall–Kier alpha value is -6.15. The number of aliphatic hydroxyl groups excluding tert-OH is 1. The first-order chi connectivity index (χ1) is 28.2. The Bertz CT molecular complexity index is 2320. The molecule has 0 saturated carbocycles. The van der Waals surface area contributed by atoms with E-state index in [9.17, 15) is 32.7 Å². The van der Waals surface area contributed by atoms with Gasteiger partial charge in [-0.2, -0.15) is 18.2 Å². The zero-order valence-corrected chi connectivity index (χ0v) is 32.8. The number of aromatic amines is 1. The first-order valence-electron chi connectivity index (χ1n) is 18.9. The molecule has 310 valence electrons. The molecule has 16 heteroatoms. The van der Waals surface area contributed by atoms with Crippen LogP contribution in [0.5, 0.6) is 11.5 Å². The SMILES string of the molecule is COc1ccc(C(OC[C@H]2O[C@@H](n3cc(C#CCCCNC(=O)C(F)(F)F)c4c(=O)[nH]c(NC(=O)C(C)C)nc43)C[C@@H]2O)(c2ccccc2)c2ccc(OC)cc2)cc1. The first kappa shape index (κ1) is 42.5. The Labute approximate surface area is 337 Å². The lowest BCUT2D eigenvalue weighted by atomic mass is 9.80. The van der Waals surface area contributed by atoms with Gasteiger partial charge in [0.1, 0.15) is 29.4 Å². The van der Waals surface area contributed by atoms with Crippen molar-refractivity contribution in [3.05, 3.63) is 118 Å². The fourth-order valence-corrected chi connectivity index (χ4v) is 6.74. The quantitative estimate of drug-likeness (QED) is 0.0616. The van der Waals surface area contributed by atoms with Gasteiger partial charge < -0.3 is 33.9 Å². The third-order valence-corrected chi connectivity index (χ3v) is 9.84. The van der Waals surface area contributed by atoms with Gasteiger partial charge >= 0.3 is 12.1 Å². The van der Waals surface area contributed by atoms with Crippen molar-refractivity contribution in [2.75, 3.05) is 32.7 Å². The van der Waals surface area contributed by atoms with E-state index >= 15 is 0 Å². The molecule has 0 spiro atoms. The van der Waals surface area contributed by atoms with E-state index in [2.05, 4.69) is 27.1 Å². The number of halogens is 3. The van der Waals surface area contributed by atoms with Crippen molar-refractivity contribution in [1.82, 2.24) is 19.9 Å². The minimum atomic E-state index is -4.99. The number of aromatic nitrogens is 3. The van der Waals surface area contributed by atoms with Crippen LogP contribution in [0.25, 0.3) is 11.0 Å². The minimum absolute atomic E-state index is 0.0646. The van der Waals surface area contributed by atoms with Crippen molar-refractivity contribution in [2.45, 2.75) is 63.3 Å². The Balaban J connectivity index is 1.32. The Morgan fingerprint density at radius 3 is 2.17 bits per heavy atom. The van der Waals surface area contributed by atoms with Crippen LogP contribution >= 0.6 is 0 Å². The average Bonchev–Trinajstić information content (AvgIpc) is 3.79. The summed E-state index contributed by atoms with van der Waals surface area (Å²) in [7, 11) is 3.17. The average molecular weight is 816 g/mol. The number of ether oxygens (including phenoxy) is 4. The van der Waals surface area contributed by atoms with Gasteiger partial charge in [0, 0.05) is 31.5 Å². The highest BCUT2D eigenvalue weighted by molar-refractivity contribution is 5.92. The van der Waals surface area contributed by atoms with Crippen LogP contribution in [0, 0.1) is 17.8 Å². The maximum absolute atomic E-state index is 13.5. The summed E-state index contributed by atoms with van der Waals surface area (Å²) in [5.41, 5.74) is 0.900. The number of fused-ring (bicyclic) bond motifs is 1. The summed E-state index contributed by atoms with van der Waals surface area (Å²) in [6, 6.07) is 24.6. The van der Waals surface area contributed by atoms with Crippen molar-refractivity contribution in [1.29, 1.82) is 0 Å². The summed E-state index contributed by atoms with van der Waals surface area (Å²) in [5.74, 6) is 4.09. The number of carbonyl (C=O) groups is 2. The van der Waals surface area contributed by atoms with Crippen LogP contribution in [0.2, 0.25) is 0 Å². The lowest BCUT2D eigenvalue weighted by molar-refractivity contribution is -0.173. The Kier molecular flexibility index (Phi) is 13.1. The van der Waals surface area contributed by atoms with Crippen LogP contribution < -0.4 is 25.7 Å². The molecule has 0 radical (unpaired) electrons. The van der Waals surface area contributed by atoms with Crippen LogP contribution in [0.4, 0.5) is 19.1 Å². The number of amides is 2. The van der Waals surface area contributed by atoms with Gasteiger partial charge in [0.05, 0.1) is 37.9 Å². The molecule has 0 aliphatic carbocycles. The van der Waals surface area contributed by atoms with Crippen LogP contribution in [0.1, 0.15) is 61.6 Å². The van der Waals surface area contributed by atoms with E-state index in [4.69, 9.17) is 18.9 Å². The second-order valence-electron chi connectivity index (χ2n) is 14.1. The molecule has 4 N–H and O–H groups in total. The predicted octanol–water partition coefficient (Wildman–Crippen LogP) is 5.80. The van der Waals surface area contributed by atoms with E-state index < -0.39 is 47.6 Å². The van der Waals surface area contributed by atoms with Crippen molar-refractivity contribution in [2.24, 2.45) is 5.92 Å². The number of benzene rings is 3. The maximum atomic E-state index is 13.5. The molecule has 0 bridgehead atoms. The van der Waals surface area contributed by atoms with Gasteiger partial charge in [0.25, 0.3) is 5.56 Å². The number of unbranched alkanes of at least 4 members (excludes halogenated alkanes) is 1. The van der Waals surface area contributed by atoms with Crippen LogP contribution in [-0.2, 0) is 24.7 Å². The van der Waals surface area contributed by atoms with Crippen molar-refractivity contribution < 1.29 is 46.8 Å². The molecule has 2 amide bonds. The summed E-state index contributed by atoms with van der Waals surface area (Å²) < 4.78 is 63.6. The molecule has 13 nitrogen and oxygen atoms in total. The van der Waals surface area contributed by atoms with Gasteiger partial charge in [-0.1, -0.05) is 80.3 Å². The van der Waals surface area contributed by atoms with Crippen molar-refractivity contribution >= 4 is 28.8 Å². The molecule has 6 rings (SSSR count). The summed E-state index contributed by atoms with van der Waals surface area (Å²) in [6.45, 7) is 3.02. The fourth-order valence-electron chi connectivity index (χ4n) is 6.74. The summed E-state index contributed by atoms with van der Waals surface area (Å²) in [5, 5.41) is 16.0. The second-order valence-corrected chi connectivity index (χ2v) is 14.1. The molecule has 5 aromatic rings. The molecule has 0 unspecified atom stereocenters. The summed E-state index contributed by atoms with van der Waals surface area (Å²) in [4.78, 5) is 44.4. The van der Waals surface area contributed by atoms with E-state index in [1.165, 1.54) is 0 Å². The van der Waals surface area contributed by atoms with Gasteiger partial charge in [-0.25, -0.2) is 0 Å². The first-order valence-corrected chi connectivity index (χ1v) is 18.9. The van der Waals surface area contributed by atoms with Crippen molar-refractivity contribution in [3.63, 3.8) is 0 Å². The molecule has 3 atom stereocenters. The topological polar surface area (TPSA) is 166 Å². The van der Waals surface area contributed by atoms with Crippen LogP contribution in [0.15, 0.2) is 89.9 Å². The van der Waals surface area contributed by atoms with E-state index in [1.807, 2.05) is 78.9 Å². The number of alkyl halides is 3. The van der Waals surface area contributed by atoms with Crippen LogP contribution in [-0.4, -0.2) is 77.2 Å². The number of H-pyrrole nitrogens is 1. The predicted molar refractivity (Wildman–Crippen MR) is 212 cm³/mol. The van der Waals surface area contributed by atoms with Gasteiger partial charge in [0.15, 0.2) is 5.65 Å². The standard InChI is InChI=1S/C43H44F3N5O8/c1-26(2)38(53)49-41-48-37-36(39(54)50-41)27(11-7-6-10-22-47-40(55)43(44,45)46)24-51(37)35-23-33(52)34(59-35)25-58-42(28-12-8-5-9-13-28,29-14-18-31(56-3)19-15-29)30-16-20-32(57-4)21-17-30/h5,8-9,12-21,24,26,33-35,52H,6,10,22-23,25H2,1-4H3,(H,47,55)(H2,48,49,50,53,54)/t33-,34+,35+/m0/s1. The normalized spacial score (nSPS) is 16.7. The van der Waals surface area contributed by atoms with E-state index in [-0.39, 0.29) is 60.9 Å². The molecule has 1 aliphatic heterocycles. The molecule has 1 fully saturated rings. The lowest BCUT2D eigenvalue weighted by Crippen LogP contribution is -2.38. The summed E-state index contributed by atoms with van der Waals surface area (Å²) >= 11 is 0. The zero-order valence-electron chi connectivity index (χ0n) is 32.8. The minimum Gasteiger partial charge on any atom is -0.497 e. The monoisotopic (exact) mass is 815 g/mol. The number of hydrogen-bond donors (Lipinski definition) is 4. The Morgan fingerprint density at radius 2 is 1.59 bits per heavy atom. The van der Waals surface area contributed by atoms with Gasteiger partial charge in [-0.15, -0.1) is 0 Å². The number of rotatable bonds is 14. The molecule has 2 aromatic heterocycles. The lowest BCUT2D eigenvalue weighted by Gasteiger charge is -2.37. The highest BCUT2D eigenvalue weighted by Gasteiger charge is 2.42. The number of aliphatic hydroxyl groups is 1. The number of anilines is 1. The smallest absolute Gasteiger partial charge is 0.471 e. The molecule has 59 heavy (non-hydrogen) atoms. The van der Waals surface area contributed by atoms with Gasteiger partial charge in [-0.05, 0) is 47.4 Å². The third kappa shape index (κ3) is 9.44. The molecule has 1 aliphatic rings. The molecule has 3 heterocycles. The molecule has 3 aromatic carbocycles. The molecular weight excluding hydrogens is 771 g/mol. The van der Waals surface area contributed by atoms with Crippen LogP contribution in [0.3, 0.4) is 0 Å². The van der Waals surface area contributed by atoms with Gasteiger partial charge in [0.2, 0.25) is 11.9 Å². The highest BCUT2D eigenvalue weighted by Crippen LogP contribution is 2.43. The molecular formula is C43H44F3N5O8. The number of carbonyl (C=O) groups excluding carboxylic acids is 2. The number of methoxy groups -OCH3 is 2. The third-order valence-electron chi connectivity index (χ3n) is 9.84. The van der Waals surface area contributed by atoms with E-state index in [0.29, 0.717) is 11.5 Å². The van der Waals surface area contributed by atoms with Gasteiger partial charge in [-0.3, -0.25) is 24.7 Å². The maximum Gasteiger partial charge on any atom is 0.471 e. The Morgan fingerprint density at radius 1 is 0.983 bits per heavy atom. The van der Waals surface area contributed by atoms with E-state index in [1.54, 1.807) is 44.1 Å². The van der Waals surface area contributed by atoms with E-state index in [0.717, 1.165) is 16.7 Å². The fraction of sp³-hybridized carbons (Fsp3) is 0.349. The zero-order chi connectivity index (χ0) is 42.3. The number of hydrogen-bond acceptors (Lipinski definition) is 9. The number of nitrogens with zero attached hydrogens (tertiary/aromatic N) is 2. The van der Waals surface area contributed by atoms with Crippen molar-refractivity contribution in [3.8, 4) is 23.3 Å². The largest absolute Gasteiger partial charge is 0.497 e. The second kappa shape index (κ2) is 18.2.